The van der Waals surface area contributed by atoms with E-state index in [1.165, 1.54) is 7.11 Å². The zero-order valence-corrected chi connectivity index (χ0v) is 16.4. The maximum atomic E-state index is 13.0. The van der Waals surface area contributed by atoms with Gasteiger partial charge in [-0.2, -0.15) is 10.1 Å². The monoisotopic (exact) mass is 387 g/mol. The number of rotatable bonds is 6. The Morgan fingerprint density at radius 2 is 1.85 bits per heavy atom. The summed E-state index contributed by atoms with van der Waals surface area (Å²) in [7, 11) is -0.653. The predicted molar refractivity (Wildman–Crippen MR) is 102 cm³/mol. The third kappa shape index (κ3) is 3.66. The van der Waals surface area contributed by atoms with Gasteiger partial charge in [-0.3, -0.25) is 0 Å². The van der Waals surface area contributed by atoms with Crippen LogP contribution in [0.2, 0.25) is 0 Å². The summed E-state index contributed by atoms with van der Waals surface area (Å²) in [6, 6.07) is 12.6. The maximum absolute atomic E-state index is 13.0. The Kier molecular flexibility index (Phi) is 5.18. The number of aromatic nitrogens is 3. The smallest absolute Gasteiger partial charge is 0.244 e. The topological polar surface area (TPSA) is 94.2 Å². The number of aromatic amines is 1. The highest BCUT2D eigenvalue weighted by molar-refractivity contribution is 7.91. The van der Waals surface area contributed by atoms with Crippen molar-refractivity contribution in [2.75, 3.05) is 14.2 Å². The summed E-state index contributed by atoms with van der Waals surface area (Å²) >= 11 is 0. The van der Waals surface area contributed by atoms with Crippen LogP contribution in [0.15, 0.2) is 47.6 Å². The van der Waals surface area contributed by atoms with Gasteiger partial charge in [0, 0.05) is 6.07 Å². The van der Waals surface area contributed by atoms with Gasteiger partial charge in [0.2, 0.25) is 15.0 Å². The lowest BCUT2D eigenvalue weighted by atomic mass is 10.1. The molecular weight excluding hydrogens is 366 g/mol. The van der Waals surface area contributed by atoms with Crippen molar-refractivity contribution in [2.45, 2.75) is 24.3 Å². The molecule has 0 saturated heterocycles. The van der Waals surface area contributed by atoms with Gasteiger partial charge < -0.3 is 9.47 Å². The Balaban J connectivity index is 1.98. The second-order valence-electron chi connectivity index (χ2n) is 6.13. The second kappa shape index (κ2) is 7.40. The van der Waals surface area contributed by atoms with Crippen molar-refractivity contribution in [3.8, 4) is 22.9 Å². The Bertz CT molecular complexity index is 1060. The normalized spacial score (nSPS) is 12.6. The first-order valence-corrected chi connectivity index (χ1v) is 9.86. The minimum Gasteiger partial charge on any atom is -0.497 e. The Labute approximate surface area is 158 Å². The molecule has 0 saturated carbocycles. The lowest BCUT2D eigenvalue weighted by molar-refractivity contribution is 0.395. The molecule has 3 rings (SSSR count). The molecule has 1 aromatic heterocycles. The van der Waals surface area contributed by atoms with Crippen molar-refractivity contribution in [3.05, 3.63) is 53.6 Å². The van der Waals surface area contributed by atoms with Crippen LogP contribution in [0.5, 0.6) is 11.5 Å². The van der Waals surface area contributed by atoms with Crippen LogP contribution < -0.4 is 9.47 Å². The first-order chi connectivity index (χ1) is 12.9. The fourth-order valence-electron chi connectivity index (χ4n) is 2.75. The minimum atomic E-state index is -3.72. The van der Waals surface area contributed by atoms with Crippen LogP contribution in [-0.2, 0) is 9.84 Å². The van der Waals surface area contributed by atoms with Gasteiger partial charge in [-0.25, -0.2) is 13.5 Å². The molecule has 1 heterocycles. The van der Waals surface area contributed by atoms with Crippen molar-refractivity contribution in [1.82, 2.24) is 15.2 Å². The van der Waals surface area contributed by atoms with Crippen LogP contribution in [0.1, 0.15) is 23.3 Å². The summed E-state index contributed by atoms with van der Waals surface area (Å²) in [6.45, 7) is 3.56. The van der Waals surface area contributed by atoms with Crippen molar-refractivity contribution >= 4 is 9.84 Å². The molecule has 3 aromatic rings. The summed E-state index contributed by atoms with van der Waals surface area (Å²) < 4.78 is 36.4. The van der Waals surface area contributed by atoms with Gasteiger partial charge >= 0.3 is 0 Å². The van der Waals surface area contributed by atoms with E-state index in [0.29, 0.717) is 22.6 Å². The molecule has 1 atom stereocenters. The lowest BCUT2D eigenvalue weighted by Gasteiger charge is -2.11. The molecule has 1 unspecified atom stereocenters. The van der Waals surface area contributed by atoms with Gasteiger partial charge in [0.25, 0.3) is 0 Å². The van der Waals surface area contributed by atoms with E-state index < -0.39 is 15.1 Å². The number of benzene rings is 2. The molecular formula is C19H21N3O4S. The second-order valence-corrected chi connectivity index (χ2v) is 8.32. The standard InChI is InChI=1S/C19H21N3O4S/c1-12-6-5-7-14(10-12)13(2)27(23,24)19-20-18(21-22-19)16-9-8-15(25-3)11-17(16)26-4/h5-11,13H,1-4H3,(H,20,21,22). The Hall–Kier alpha value is -2.87. The number of hydrogen-bond acceptors (Lipinski definition) is 6. The highest BCUT2D eigenvalue weighted by Gasteiger charge is 2.29. The number of H-pyrrole nitrogens is 1. The van der Waals surface area contributed by atoms with E-state index in [1.54, 1.807) is 38.3 Å². The molecule has 0 amide bonds. The van der Waals surface area contributed by atoms with Gasteiger partial charge in [-0.1, -0.05) is 29.8 Å². The van der Waals surface area contributed by atoms with Crippen molar-refractivity contribution in [2.24, 2.45) is 0 Å². The first kappa shape index (κ1) is 18.9. The van der Waals surface area contributed by atoms with Gasteiger partial charge in [-0.05, 0) is 31.5 Å². The Morgan fingerprint density at radius 3 is 2.52 bits per heavy atom. The fourth-order valence-corrected chi connectivity index (χ4v) is 3.97. The predicted octanol–water partition coefficient (Wildman–Crippen LogP) is 3.33. The molecule has 0 fully saturated rings. The number of methoxy groups -OCH3 is 2. The van der Waals surface area contributed by atoms with E-state index in [9.17, 15) is 8.42 Å². The molecule has 7 nitrogen and oxygen atoms in total. The van der Waals surface area contributed by atoms with E-state index >= 15 is 0 Å². The van der Waals surface area contributed by atoms with Crippen LogP contribution in [-0.4, -0.2) is 37.8 Å². The van der Waals surface area contributed by atoms with Gasteiger partial charge in [0.15, 0.2) is 5.82 Å². The van der Waals surface area contributed by atoms with Crippen molar-refractivity contribution < 1.29 is 17.9 Å². The molecule has 0 aliphatic heterocycles. The number of nitrogens with zero attached hydrogens (tertiary/aromatic N) is 2. The molecule has 2 aromatic carbocycles. The Morgan fingerprint density at radius 1 is 1.07 bits per heavy atom. The van der Waals surface area contributed by atoms with Gasteiger partial charge in [0.05, 0.1) is 25.0 Å². The summed E-state index contributed by atoms with van der Waals surface area (Å²) in [6.07, 6.45) is 0. The van der Waals surface area contributed by atoms with Crippen LogP contribution in [0.3, 0.4) is 0 Å². The maximum Gasteiger partial charge on any atom is 0.244 e. The molecule has 1 N–H and O–H groups in total. The number of nitrogens with one attached hydrogen (secondary N) is 1. The highest BCUT2D eigenvalue weighted by Crippen LogP contribution is 2.33. The summed E-state index contributed by atoms with van der Waals surface area (Å²) in [5.74, 6) is 1.35. The molecule has 0 aliphatic rings. The highest BCUT2D eigenvalue weighted by atomic mass is 32.2. The SMILES string of the molecule is COc1ccc(-c2n[nH]c(S(=O)(=O)C(C)c3cccc(C)c3)n2)c(OC)c1. The molecule has 0 bridgehead atoms. The van der Waals surface area contributed by atoms with Gasteiger partial charge in [-0.15, -0.1) is 0 Å². The molecule has 0 spiro atoms. The third-order valence-corrected chi connectivity index (χ3v) is 6.29. The molecule has 8 heteroatoms. The molecule has 0 aliphatic carbocycles. The van der Waals surface area contributed by atoms with E-state index in [2.05, 4.69) is 15.2 Å². The van der Waals surface area contributed by atoms with Crippen LogP contribution in [0.25, 0.3) is 11.4 Å². The first-order valence-electron chi connectivity index (χ1n) is 8.32. The number of hydrogen-bond donors (Lipinski definition) is 1. The van der Waals surface area contributed by atoms with Crippen LogP contribution in [0.4, 0.5) is 0 Å². The van der Waals surface area contributed by atoms with E-state index in [0.717, 1.165) is 5.56 Å². The van der Waals surface area contributed by atoms with E-state index in [4.69, 9.17) is 9.47 Å². The largest absolute Gasteiger partial charge is 0.497 e. The van der Waals surface area contributed by atoms with Crippen molar-refractivity contribution in [3.63, 3.8) is 0 Å². The number of ether oxygens (including phenoxy) is 2. The average Bonchev–Trinajstić information content (AvgIpc) is 3.17. The van der Waals surface area contributed by atoms with Gasteiger partial charge in [0.1, 0.15) is 11.5 Å². The summed E-state index contributed by atoms with van der Waals surface area (Å²) in [5, 5.41) is 5.70. The molecule has 142 valence electrons. The summed E-state index contributed by atoms with van der Waals surface area (Å²) in [4.78, 5) is 4.21. The van der Waals surface area contributed by atoms with E-state index in [-0.39, 0.29) is 11.0 Å². The number of sulfone groups is 1. The van der Waals surface area contributed by atoms with E-state index in [1.807, 2.05) is 25.1 Å². The summed E-state index contributed by atoms with van der Waals surface area (Å²) in [5.41, 5.74) is 2.27. The zero-order chi connectivity index (χ0) is 19.6. The fraction of sp³-hybridized carbons (Fsp3) is 0.263. The minimum absolute atomic E-state index is 0.177. The number of aryl methyl sites for hydroxylation is 1. The quantitative estimate of drug-likeness (QED) is 0.697. The third-order valence-electron chi connectivity index (χ3n) is 4.36. The van der Waals surface area contributed by atoms with Crippen LogP contribution in [0, 0.1) is 6.92 Å². The lowest BCUT2D eigenvalue weighted by Crippen LogP contribution is -2.12. The molecule has 0 radical (unpaired) electrons. The zero-order valence-electron chi connectivity index (χ0n) is 15.6. The molecule has 27 heavy (non-hydrogen) atoms. The van der Waals surface area contributed by atoms with Crippen LogP contribution >= 0.6 is 0 Å². The average molecular weight is 387 g/mol. The van der Waals surface area contributed by atoms with Crippen molar-refractivity contribution in [1.29, 1.82) is 0 Å².